The van der Waals surface area contributed by atoms with Crippen LogP contribution in [0.1, 0.15) is 36.9 Å². The molecule has 0 aliphatic carbocycles. The lowest BCUT2D eigenvalue weighted by molar-refractivity contribution is -0.123. The van der Waals surface area contributed by atoms with Crippen molar-refractivity contribution in [2.45, 2.75) is 32.4 Å². The van der Waals surface area contributed by atoms with Crippen molar-refractivity contribution in [2.24, 2.45) is 0 Å². The number of hydrogen-bond donors (Lipinski definition) is 1. The van der Waals surface area contributed by atoms with Crippen molar-refractivity contribution in [3.05, 3.63) is 90.0 Å². The van der Waals surface area contributed by atoms with E-state index in [0.717, 1.165) is 29.8 Å². The molecule has 1 aliphatic heterocycles. The Hall–Kier alpha value is -3.80. The van der Waals surface area contributed by atoms with Gasteiger partial charge in [0.15, 0.2) is 18.1 Å². The molecule has 0 saturated carbocycles. The molecule has 1 heterocycles. The van der Waals surface area contributed by atoms with E-state index in [0.29, 0.717) is 24.5 Å². The van der Waals surface area contributed by atoms with Gasteiger partial charge in [0.2, 0.25) is 5.91 Å². The van der Waals surface area contributed by atoms with E-state index >= 15 is 0 Å². The number of hydrogen-bond acceptors (Lipinski definition) is 4. The summed E-state index contributed by atoms with van der Waals surface area (Å²) in [6.45, 7) is 2.95. The number of rotatable bonds is 9. The molecule has 6 heteroatoms. The number of nitrogens with one attached hydrogen (secondary N) is 1. The standard InChI is InChI=1S/C27H28N2O4/c1-20(22-11-7-12-23(17-22)29-16-8-15-27(29)31)28-26(30)19-33-25-14-6-5-13-24(25)32-18-21-9-3-2-4-10-21/h2-7,9-14,17,20H,8,15-16,18-19H2,1H3,(H,28,30). The summed E-state index contributed by atoms with van der Waals surface area (Å²) in [5.41, 5.74) is 2.86. The van der Waals surface area contributed by atoms with Crippen LogP contribution in [0.2, 0.25) is 0 Å². The van der Waals surface area contributed by atoms with Crippen molar-refractivity contribution >= 4 is 17.5 Å². The molecular weight excluding hydrogens is 416 g/mol. The highest BCUT2D eigenvalue weighted by Crippen LogP contribution is 2.28. The number of anilines is 1. The molecule has 3 aromatic rings. The summed E-state index contributed by atoms with van der Waals surface area (Å²) >= 11 is 0. The zero-order valence-corrected chi connectivity index (χ0v) is 18.7. The third kappa shape index (κ3) is 5.92. The van der Waals surface area contributed by atoms with Crippen LogP contribution in [0.5, 0.6) is 11.5 Å². The van der Waals surface area contributed by atoms with E-state index in [2.05, 4.69) is 5.32 Å². The predicted octanol–water partition coefficient (Wildman–Crippen LogP) is 4.65. The van der Waals surface area contributed by atoms with Crippen molar-refractivity contribution in [3.63, 3.8) is 0 Å². The van der Waals surface area contributed by atoms with E-state index in [1.165, 1.54) is 0 Å². The Kier molecular flexibility index (Phi) is 7.25. The second-order valence-electron chi connectivity index (χ2n) is 8.04. The zero-order valence-electron chi connectivity index (χ0n) is 18.7. The van der Waals surface area contributed by atoms with Gasteiger partial charge >= 0.3 is 0 Å². The van der Waals surface area contributed by atoms with Crippen LogP contribution in [0.25, 0.3) is 0 Å². The summed E-state index contributed by atoms with van der Waals surface area (Å²) < 4.78 is 11.6. The molecule has 33 heavy (non-hydrogen) atoms. The molecule has 1 atom stereocenters. The van der Waals surface area contributed by atoms with Gasteiger partial charge < -0.3 is 19.7 Å². The maximum atomic E-state index is 12.5. The van der Waals surface area contributed by atoms with Crippen LogP contribution >= 0.6 is 0 Å². The molecule has 3 aromatic carbocycles. The molecule has 1 unspecified atom stereocenters. The monoisotopic (exact) mass is 444 g/mol. The molecule has 0 spiro atoms. The maximum absolute atomic E-state index is 12.5. The van der Waals surface area contributed by atoms with Crippen LogP contribution < -0.4 is 19.7 Å². The molecule has 170 valence electrons. The predicted molar refractivity (Wildman–Crippen MR) is 127 cm³/mol. The fourth-order valence-electron chi connectivity index (χ4n) is 3.82. The van der Waals surface area contributed by atoms with Crippen LogP contribution in [-0.4, -0.2) is 25.0 Å². The van der Waals surface area contributed by atoms with Crippen LogP contribution in [0.4, 0.5) is 5.69 Å². The first-order valence-corrected chi connectivity index (χ1v) is 11.2. The maximum Gasteiger partial charge on any atom is 0.258 e. The topological polar surface area (TPSA) is 67.9 Å². The fourth-order valence-corrected chi connectivity index (χ4v) is 3.82. The second kappa shape index (κ2) is 10.7. The van der Waals surface area contributed by atoms with Crippen LogP contribution in [0.3, 0.4) is 0 Å². The van der Waals surface area contributed by atoms with Crippen molar-refractivity contribution in [1.29, 1.82) is 0 Å². The molecule has 0 aromatic heterocycles. The Morgan fingerprint density at radius 1 is 0.970 bits per heavy atom. The highest BCUT2D eigenvalue weighted by Gasteiger charge is 2.22. The molecule has 4 rings (SSSR count). The Balaban J connectivity index is 1.32. The molecule has 1 fully saturated rings. The van der Waals surface area contributed by atoms with Crippen molar-refractivity contribution in [3.8, 4) is 11.5 Å². The number of benzene rings is 3. The number of nitrogens with zero attached hydrogens (tertiary/aromatic N) is 1. The van der Waals surface area contributed by atoms with Crippen molar-refractivity contribution < 1.29 is 19.1 Å². The van der Waals surface area contributed by atoms with Gasteiger partial charge in [-0.15, -0.1) is 0 Å². The third-order valence-corrected chi connectivity index (χ3v) is 5.58. The number of amides is 2. The second-order valence-corrected chi connectivity index (χ2v) is 8.04. The molecule has 0 bridgehead atoms. The van der Waals surface area contributed by atoms with Gasteiger partial charge in [0.1, 0.15) is 6.61 Å². The van der Waals surface area contributed by atoms with Gasteiger partial charge in [-0.1, -0.05) is 54.6 Å². The lowest BCUT2D eigenvalue weighted by Crippen LogP contribution is -2.31. The first-order valence-electron chi connectivity index (χ1n) is 11.2. The Labute approximate surface area is 194 Å². The summed E-state index contributed by atoms with van der Waals surface area (Å²) in [6.07, 6.45) is 1.47. The highest BCUT2D eigenvalue weighted by atomic mass is 16.5. The minimum atomic E-state index is -0.233. The van der Waals surface area contributed by atoms with Crippen molar-refractivity contribution in [1.82, 2.24) is 5.32 Å². The van der Waals surface area contributed by atoms with Crippen LogP contribution in [-0.2, 0) is 16.2 Å². The number of carbonyl (C=O) groups is 2. The summed E-state index contributed by atoms with van der Waals surface area (Å²) in [4.78, 5) is 26.4. The third-order valence-electron chi connectivity index (χ3n) is 5.58. The average molecular weight is 445 g/mol. The number of carbonyl (C=O) groups excluding carboxylic acids is 2. The highest BCUT2D eigenvalue weighted by molar-refractivity contribution is 5.95. The molecule has 2 amide bonds. The first kappa shape index (κ1) is 22.4. The van der Waals surface area contributed by atoms with E-state index in [1.54, 1.807) is 11.0 Å². The fraction of sp³-hybridized carbons (Fsp3) is 0.259. The van der Waals surface area contributed by atoms with Crippen molar-refractivity contribution in [2.75, 3.05) is 18.1 Å². The quantitative estimate of drug-likeness (QED) is 0.522. The number of ether oxygens (including phenoxy) is 2. The van der Waals surface area contributed by atoms with Crippen LogP contribution in [0, 0.1) is 0 Å². The lowest BCUT2D eigenvalue weighted by atomic mass is 10.1. The van der Waals surface area contributed by atoms with Gasteiger partial charge in [-0.05, 0) is 48.7 Å². The zero-order chi connectivity index (χ0) is 23.0. The molecule has 1 N–H and O–H groups in total. The van der Waals surface area contributed by atoms with E-state index in [4.69, 9.17) is 9.47 Å². The van der Waals surface area contributed by atoms with E-state index in [9.17, 15) is 9.59 Å². The van der Waals surface area contributed by atoms with Gasteiger partial charge in [0.05, 0.1) is 6.04 Å². The molecular formula is C27H28N2O4. The van der Waals surface area contributed by atoms with E-state index in [1.807, 2.05) is 79.7 Å². The van der Waals surface area contributed by atoms with E-state index in [-0.39, 0.29) is 24.5 Å². The lowest BCUT2D eigenvalue weighted by Gasteiger charge is -2.20. The SMILES string of the molecule is CC(NC(=O)COc1ccccc1OCc1ccccc1)c1cccc(N2CCCC2=O)c1. The minimum absolute atomic E-state index is 0.125. The first-order chi connectivity index (χ1) is 16.1. The minimum Gasteiger partial charge on any atom is -0.485 e. The molecule has 0 radical (unpaired) electrons. The summed E-state index contributed by atoms with van der Waals surface area (Å²) in [7, 11) is 0. The molecule has 1 saturated heterocycles. The van der Waals surface area contributed by atoms with Gasteiger partial charge in [-0.2, -0.15) is 0 Å². The van der Waals surface area contributed by atoms with Gasteiger partial charge in [0, 0.05) is 18.7 Å². The Morgan fingerprint density at radius 2 is 1.70 bits per heavy atom. The smallest absolute Gasteiger partial charge is 0.258 e. The Bertz CT molecular complexity index is 1100. The normalized spacial score (nSPS) is 14.1. The van der Waals surface area contributed by atoms with Gasteiger partial charge in [-0.25, -0.2) is 0 Å². The largest absolute Gasteiger partial charge is 0.485 e. The molecule has 6 nitrogen and oxygen atoms in total. The summed E-state index contributed by atoms with van der Waals surface area (Å²) in [6, 6.07) is 24.7. The average Bonchev–Trinajstić information content (AvgIpc) is 3.28. The summed E-state index contributed by atoms with van der Waals surface area (Å²) in [5.74, 6) is 1.02. The molecule has 1 aliphatic rings. The van der Waals surface area contributed by atoms with E-state index < -0.39 is 0 Å². The summed E-state index contributed by atoms with van der Waals surface area (Å²) in [5, 5.41) is 2.96. The Morgan fingerprint density at radius 3 is 2.42 bits per heavy atom. The van der Waals surface area contributed by atoms with Gasteiger partial charge in [0.25, 0.3) is 5.91 Å². The number of para-hydroxylation sites is 2. The van der Waals surface area contributed by atoms with Crippen LogP contribution in [0.15, 0.2) is 78.9 Å². The van der Waals surface area contributed by atoms with Gasteiger partial charge in [-0.3, -0.25) is 9.59 Å².